The smallest absolute Gasteiger partial charge is 0.260 e. The van der Waals surface area contributed by atoms with Crippen LogP contribution in [0.15, 0.2) is 42.6 Å². The number of aryl methyl sites for hydroxylation is 1. The van der Waals surface area contributed by atoms with E-state index < -0.39 is 5.91 Å². The highest BCUT2D eigenvalue weighted by Crippen LogP contribution is 2.12. The molecule has 1 aromatic heterocycles. The van der Waals surface area contributed by atoms with E-state index in [1.165, 1.54) is 24.1 Å². The minimum absolute atomic E-state index is 0.127. The van der Waals surface area contributed by atoms with Crippen molar-refractivity contribution in [3.05, 3.63) is 53.7 Å². The van der Waals surface area contributed by atoms with Gasteiger partial charge in [0.25, 0.3) is 5.91 Å². The maximum absolute atomic E-state index is 12.1. The lowest BCUT2D eigenvalue weighted by molar-refractivity contribution is -0.135. The molecule has 0 spiro atoms. The normalized spacial score (nSPS) is 10.1. The Morgan fingerprint density at radius 2 is 1.88 bits per heavy atom. The first kappa shape index (κ1) is 18.9. The van der Waals surface area contributed by atoms with Crippen LogP contribution >= 0.6 is 0 Å². The number of carbonyl (C=O) groups is 3. The predicted molar refractivity (Wildman–Crippen MR) is 95.7 cm³/mol. The Morgan fingerprint density at radius 1 is 1.19 bits per heavy atom. The Morgan fingerprint density at radius 3 is 2.50 bits per heavy atom. The van der Waals surface area contributed by atoms with Gasteiger partial charge in [0.2, 0.25) is 11.8 Å². The fourth-order valence-corrected chi connectivity index (χ4v) is 2.06. The van der Waals surface area contributed by atoms with Gasteiger partial charge >= 0.3 is 0 Å². The summed E-state index contributed by atoms with van der Waals surface area (Å²) in [6.45, 7) is 1.53. The molecule has 0 bridgehead atoms. The topological polar surface area (TPSA) is 115 Å². The average molecular weight is 356 g/mol. The minimum Gasteiger partial charge on any atom is -0.484 e. The molecular weight excluding hydrogens is 336 g/mol. The van der Waals surface area contributed by atoms with Crippen LogP contribution in [0.25, 0.3) is 0 Å². The van der Waals surface area contributed by atoms with E-state index in [1.807, 2.05) is 13.0 Å². The molecule has 1 aromatic carbocycles. The van der Waals surface area contributed by atoms with Gasteiger partial charge in [0.05, 0.1) is 6.54 Å². The second-order valence-corrected chi connectivity index (χ2v) is 5.69. The highest BCUT2D eigenvalue weighted by Gasteiger charge is 2.14. The standard InChI is InChI=1S/C18H20N4O4/c1-12-7-8-20-15(9-12)21-16(23)10-22(2)17(24)11-26-14-5-3-13(4-6-14)18(19)25/h3-9H,10-11H2,1-2H3,(H2,19,25)(H,20,21,23). The van der Waals surface area contributed by atoms with Crippen molar-refractivity contribution >= 4 is 23.5 Å². The number of primary amides is 1. The van der Waals surface area contributed by atoms with Crippen LogP contribution in [0.4, 0.5) is 5.82 Å². The molecule has 3 amide bonds. The average Bonchev–Trinajstić information content (AvgIpc) is 2.59. The molecule has 3 N–H and O–H groups in total. The van der Waals surface area contributed by atoms with Crippen LogP contribution in [0.3, 0.4) is 0 Å². The number of benzene rings is 1. The van der Waals surface area contributed by atoms with Gasteiger partial charge in [-0.2, -0.15) is 0 Å². The van der Waals surface area contributed by atoms with Crippen molar-refractivity contribution in [3.8, 4) is 5.75 Å². The number of hydrogen-bond donors (Lipinski definition) is 2. The summed E-state index contributed by atoms with van der Waals surface area (Å²) in [4.78, 5) is 40.3. The van der Waals surface area contributed by atoms with E-state index in [1.54, 1.807) is 24.4 Å². The van der Waals surface area contributed by atoms with Crippen LogP contribution in [0, 0.1) is 6.92 Å². The number of nitrogens with one attached hydrogen (secondary N) is 1. The quantitative estimate of drug-likeness (QED) is 0.767. The second-order valence-electron chi connectivity index (χ2n) is 5.69. The Hall–Kier alpha value is -3.42. The number of nitrogens with zero attached hydrogens (tertiary/aromatic N) is 2. The molecule has 136 valence electrons. The lowest BCUT2D eigenvalue weighted by atomic mass is 10.2. The molecule has 8 heteroatoms. The van der Waals surface area contributed by atoms with Crippen molar-refractivity contribution in [2.75, 3.05) is 25.5 Å². The number of hydrogen-bond acceptors (Lipinski definition) is 5. The number of amides is 3. The highest BCUT2D eigenvalue weighted by molar-refractivity contribution is 5.94. The lowest BCUT2D eigenvalue weighted by Crippen LogP contribution is -2.37. The molecule has 0 saturated heterocycles. The van der Waals surface area contributed by atoms with E-state index in [-0.39, 0.29) is 25.0 Å². The third-order valence-electron chi connectivity index (χ3n) is 3.49. The minimum atomic E-state index is -0.540. The number of rotatable bonds is 7. The number of pyridine rings is 1. The van der Waals surface area contributed by atoms with Gasteiger partial charge in [0, 0.05) is 18.8 Å². The molecule has 0 atom stereocenters. The van der Waals surface area contributed by atoms with Gasteiger partial charge in [-0.25, -0.2) is 4.98 Å². The number of carbonyl (C=O) groups excluding carboxylic acids is 3. The van der Waals surface area contributed by atoms with E-state index in [4.69, 9.17) is 10.5 Å². The summed E-state index contributed by atoms with van der Waals surface area (Å²) in [5.74, 6) is -0.408. The highest BCUT2D eigenvalue weighted by atomic mass is 16.5. The largest absolute Gasteiger partial charge is 0.484 e. The second kappa shape index (κ2) is 8.61. The Labute approximate surface area is 151 Å². The maximum Gasteiger partial charge on any atom is 0.260 e. The fraction of sp³-hybridized carbons (Fsp3) is 0.222. The van der Waals surface area contributed by atoms with Crippen molar-refractivity contribution in [1.29, 1.82) is 0 Å². The van der Waals surface area contributed by atoms with Crippen LogP contribution in [0.2, 0.25) is 0 Å². The van der Waals surface area contributed by atoms with E-state index >= 15 is 0 Å². The first-order valence-corrected chi connectivity index (χ1v) is 7.84. The summed E-state index contributed by atoms with van der Waals surface area (Å²) >= 11 is 0. The maximum atomic E-state index is 12.1. The van der Waals surface area contributed by atoms with Gasteiger partial charge in [-0.15, -0.1) is 0 Å². The summed E-state index contributed by atoms with van der Waals surface area (Å²) in [6.07, 6.45) is 1.59. The monoisotopic (exact) mass is 356 g/mol. The molecule has 0 fully saturated rings. The summed E-state index contributed by atoms with van der Waals surface area (Å²) < 4.78 is 5.35. The summed E-state index contributed by atoms with van der Waals surface area (Å²) in [5.41, 5.74) is 6.47. The van der Waals surface area contributed by atoms with Crippen LogP contribution in [-0.2, 0) is 9.59 Å². The van der Waals surface area contributed by atoms with Crippen molar-refractivity contribution in [2.45, 2.75) is 6.92 Å². The third-order valence-corrected chi connectivity index (χ3v) is 3.49. The Kier molecular flexibility index (Phi) is 6.26. The number of ether oxygens (including phenoxy) is 1. The molecule has 1 heterocycles. The molecular formula is C18H20N4O4. The van der Waals surface area contributed by atoms with Gasteiger partial charge < -0.3 is 20.7 Å². The van der Waals surface area contributed by atoms with E-state index in [0.29, 0.717) is 17.1 Å². The number of nitrogens with two attached hydrogens (primary N) is 1. The molecule has 0 aliphatic carbocycles. The summed E-state index contributed by atoms with van der Waals surface area (Å²) in [5, 5.41) is 2.63. The number of likely N-dealkylation sites (N-methyl/N-ethyl adjacent to an activating group) is 1. The van der Waals surface area contributed by atoms with Gasteiger partial charge in [0.15, 0.2) is 6.61 Å². The molecule has 2 rings (SSSR count). The molecule has 0 aliphatic rings. The first-order chi connectivity index (χ1) is 12.3. The molecule has 0 aliphatic heterocycles. The summed E-state index contributed by atoms with van der Waals surface area (Å²) in [7, 11) is 1.51. The zero-order valence-corrected chi connectivity index (χ0v) is 14.6. The van der Waals surface area contributed by atoms with Crippen molar-refractivity contribution in [3.63, 3.8) is 0 Å². The number of aromatic nitrogens is 1. The molecule has 0 saturated carbocycles. The van der Waals surface area contributed by atoms with Gasteiger partial charge in [-0.3, -0.25) is 14.4 Å². The first-order valence-electron chi connectivity index (χ1n) is 7.84. The molecule has 0 radical (unpaired) electrons. The zero-order valence-electron chi connectivity index (χ0n) is 14.6. The fourth-order valence-electron chi connectivity index (χ4n) is 2.06. The third kappa shape index (κ3) is 5.59. The predicted octanol–water partition coefficient (Wildman–Crippen LogP) is 0.965. The van der Waals surface area contributed by atoms with E-state index in [0.717, 1.165) is 5.56 Å². The van der Waals surface area contributed by atoms with Crippen LogP contribution < -0.4 is 15.8 Å². The van der Waals surface area contributed by atoms with E-state index in [9.17, 15) is 14.4 Å². The number of anilines is 1. The van der Waals surface area contributed by atoms with Gasteiger partial charge in [-0.1, -0.05) is 0 Å². The molecule has 26 heavy (non-hydrogen) atoms. The SMILES string of the molecule is Cc1ccnc(NC(=O)CN(C)C(=O)COc2ccc(C(N)=O)cc2)c1. The summed E-state index contributed by atoms with van der Waals surface area (Å²) in [6, 6.07) is 9.66. The van der Waals surface area contributed by atoms with Gasteiger partial charge in [0.1, 0.15) is 11.6 Å². The van der Waals surface area contributed by atoms with Crippen LogP contribution in [0.5, 0.6) is 5.75 Å². The van der Waals surface area contributed by atoms with E-state index in [2.05, 4.69) is 10.3 Å². The van der Waals surface area contributed by atoms with Crippen LogP contribution in [-0.4, -0.2) is 47.8 Å². The van der Waals surface area contributed by atoms with Gasteiger partial charge in [-0.05, 0) is 48.9 Å². The van der Waals surface area contributed by atoms with Crippen molar-refractivity contribution < 1.29 is 19.1 Å². The van der Waals surface area contributed by atoms with Crippen molar-refractivity contribution in [2.24, 2.45) is 5.73 Å². The Bertz CT molecular complexity index is 805. The zero-order chi connectivity index (χ0) is 19.1. The lowest BCUT2D eigenvalue weighted by Gasteiger charge is -2.17. The van der Waals surface area contributed by atoms with Crippen molar-refractivity contribution in [1.82, 2.24) is 9.88 Å². The molecule has 8 nitrogen and oxygen atoms in total. The molecule has 0 unspecified atom stereocenters. The molecule has 2 aromatic rings. The van der Waals surface area contributed by atoms with Crippen LogP contribution in [0.1, 0.15) is 15.9 Å². The Balaban J connectivity index is 1.81.